The Kier molecular flexibility index (Phi) is 3.00. The monoisotopic (exact) mass is 275 g/mol. The minimum atomic E-state index is -0.0116. The zero-order valence-electron chi connectivity index (χ0n) is 11.6. The highest BCUT2D eigenvalue weighted by atomic mass is 16.1. The van der Waals surface area contributed by atoms with Gasteiger partial charge in [-0.1, -0.05) is 0 Å². The Morgan fingerprint density at radius 3 is 2.65 bits per heavy atom. The van der Waals surface area contributed by atoms with Gasteiger partial charge in [0, 0.05) is 57.3 Å². The number of nitrogens with zero attached hydrogens (tertiary/aromatic N) is 3. The van der Waals surface area contributed by atoms with E-state index in [1.165, 1.54) is 0 Å². The minimum absolute atomic E-state index is 0.0116. The molecule has 3 fully saturated rings. The van der Waals surface area contributed by atoms with E-state index in [0.717, 1.165) is 63.8 Å². The molecular weight excluding hydrogens is 254 g/mol. The van der Waals surface area contributed by atoms with Gasteiger partial charge in [0.2, 0.25) is 0 Å². The van der Waals surface area contributed by atoms with Crippen LogP contribution in [0.4, 0.5) is 5.82 Å². The first kappa shape index (κ1) is 12.3. The summed E-state index contributed by atoms with van der Waals surface area (Å²) in [5.74, 6) is 2.24. The second-order valence-electron chi connectivity index (χ2n) is 6.11. The average molecular weight is 275 g/mol. The van der Waals surface area contributed by atoms with E-state index in [4.69, 9.17) is 0 Å². The van der Waals surface area contributed by atoms with Gasteiger partial charge in [0.1, 0.15) is 11.6 Å². The van der Waals surface area contributed by atoms with E-state index >= 15 is 0 Å². The highest BCUT2D eigenvalue weighted by molar-refractivity contribution is 5.42. The van der Waals surface area contributed by atoms with Gasteiger partial charge in [0.05, 0.1) is 0 Å². The zero-order chi connectivity index (χ0) is 13.5. The van der Waals surface area contributed by atoms with Crippen molar-refractivity contribution in [3.05, 3.63) is 22.2 Å². The van der Waals surface area contributed by atoms with Gasteiger partial charge in [-0.3, -0.25) is 9.69 Å². The van der Waals surface area contributed by atoms with Crippen LogP contribution in [0.3, 0.4) is 0 Å². The average Bonchev–Trinajstić information content (AvgIpc) is 3.22. The SMILES string of the molecule is O=c1cc(N2CC(N3CCNCC3)C2)nc(C2CC2)[nH]1. The van der Waals surface area contributed by atoms with Gasteiger partial charge in [0.25, 0.3) is 5.56 Å². The highest BCUT2D eigenvalue weighted by Gasteiger charge is 2.34. The van der Waals surface area contributed by atoms with E-state index < -0.39 is 0 Å². The molecule has 0 spiro atoms. The predicted octanol–water partition coefficient (Wildman–Crippen LogP) is -0.259. The van der Waals surface area contributed by atoms with Crippen molar-refractivity contribution in [3.63, 3.8) is 0 Å². The lowest BCUT2D eigenvalue weighted by atomic mass is 10.1. The minimum Gasteiger partial charge on any atom is -0.353 e. The summed E-state index contributed by atoms with van der Waals surface area (Å²) >= 11 is 0. The van der Waals surface area contributed by atoms with Gasteiger partial charge in [0.15, 0.2) is 0 Å². The third kappa shape index (κ3) is 2.33. The maximum atomic E-state index is 11.7. The van der Waals surface area contributed by atoms with Crippen molar-refractivity contribution in [1.29, 1.82) is 0 Å². The van der Waals surface area contributed by atoms with E-state index in [1.807, 2.05) is 0 Å². The van der Waals surface area contributed by atoms with Crippen LogP contribution in [-0.2, 0) is 0 Å². The molecule has 4 rings (SSSR count). The number of aromatic amines is 1. The lowest BCUT2D eigenvalue weighted by molar-refractivity contribution is 0.147. The molecule has 0 atom stereocenters. The Hall–Kier alpha value is -1.40. The van der Waals surface area contributed by atoms with Gasteiger partial charge >= 0.3 is 0 Å². The molecule has 0 bridgehead atoms. The van der Waals surface area contributed by atoms with Crippen molar-refractivity contribution in [2.24, 2.45) is 0 Å². The molecule has 3 heterocycles. The number of nitrogens with one attached hydrogen (secondary N) is 2. The second-order valence-corrected chi connectivity index (χ2v) is 6.11. The number of anilines is 1. The number of hydrogen-bond acceptors (Lipinski definition) is 5. The first-order valence-electron chi connectivity index (χ1n) is 7.60. The molecule has 1 saturated carbocycles. The lowest BCUT2D eigenvalue weighted by Crippen LogP contribution is -2.63. The van der Waals surface area contributed by atoms with Crippen LogP contribution in [0.1, 0.15) is 24.6 Å². The zero-order valence-corrected chi connectivity index (χ0v) is 11.6. The van der Waals surface area contributed by atoms with E-state index in [2.05, 4.69) is 25.1 Å². The van der Waals surface area contributed by atoms with Crippen LogP contribution in [0.2, 0.25) is 0 Å². The number of hydrogen-bond donors (Lipinski definition) is 2. The second kappa shape index (κ2) is 4.86. The summed E-state index contributed by atoms with van der Waals surface area (Å²) in [4.78, 5) is 24.0. The molecule has 6 nitrogen and oxygen atoms in total. The molecule has 0 unspecified atom stereocenters. The molecule has 2 saturated heterocycles. The Morgan fingerprint density at radius 1 is 1.20 bits per heavy atom. The molecule has 1 aliphatic carbocycles. The van der Waals surface area contributed by atoms with Crippen LogP contribution in [0.5, 0.6) is 0 Å². The standard InChI is InChI=1S/C14H21N5O/c20-13-7-12(16-14(17-13)10-1-2-10)19-8-11(9-19)18-5-3-15-4-6-18/h7,10-11,15H,1-6,8-9H2,(H,16,17,20). The summed E-state index contributed by atoms with van der Waals surface area (Å²) in [6.45, 7) is 6.45. The molecule has 6 heteroatoms. The Morgan fingerprint density at radius 2 is 1.95 bits per heavy atom. The third-order valence-corrected chi connectivity index (χ3v) is 4.56. The molecule has 108 valence electrons. The molecule has 3 aliphatic rings. The molecule has 1 aromatic rings. The summed E-state index contributed by atoms with van der Waals surface area (Å²) < 4.78 is 0. The fourth-order valence-corrected chi connectivity index (χ4v) is 3.10. The largest absolute Gasteiger partial charge is 0.353 e. The van der Waals surface area contributed by atoms with Crippen molar-refractivity contribution in [1.82, 2.24) is 20.2 Å². The molecule has 2 N–H and O–H groups in total. The Labute approximate surface area is 118 Å². The molecule has 2 aliphatic heterocycles. The normalized spacial score (nSPS) is 24.7. The summed E-state index contributed by atoms with van der Waals surface area (Å²) in [5, 5.41) is 3.38. The first-order valence-corrected chi connectivity index (χ1v) is 7.60. The van der Waals surface area contributed by atoms with Gasteiger partial charge in [-0.15, -0.1) is 0 Å². The number of rotatable bonds is 3. The van der Waals surface area contributed by atoms with Gasteiger partial charge in [-0.25, -0.2) is 4.98 Å². The predicted molar refractivity (Wildman–Crippen MR) is 77.3 cm³/mol. The van der Waals surface area contributed by atoms with Crippen molar-refractivity contribution in [2.45, 2.75) is 24.8 Å². The van der Waals surface area contributed by atoms with Crippen molar-refractivity contribution < 1.29 is 0 Å². The lowest BCUT2D eigenvalue weighted by Gasteiger charge is -2.47. The molecule has 0 amide bonds. The first-order chi connectivity index (χ1) is 9.79. The quantitative estimate of drug-likeness (QED) is 0.796. The van der Waals surface area contributed by atoms with E-state index in [1.54, 1.807) is 6.07 Å². The summed E-state index contributed by atoms with van der Waals surface area (Å²) in [7, 11) is 0. The summed E-state index contributed by atoms with van der Waals surface area (Å²) in [5.41, 5.74) is -0.0116. The summed E-state index contributed by atoms with van der Waals surface area (Å²) in [6, 6.07) is 2.27. The maximum Gasteiger partial charge on any atom is 0.252 e. The van der Waals surface area contributed by atoms with E-state index in [0.29, 0.717) is 12.0 Å². The van der Waals surface area contributed by atoms with Crippen molar-refractivity contribution >= 4 is 5.82 Å². The van der Waals surface area contributed by atoms with Crippen molar-refractivity contribution in [3.8, 4) is 0 Å². The topological polar surface area (TPSA) is 64.3 Å². The van der Waals surface area contributed by atoms with Crippen LogP contribution < -0.4 is 15.8 Å². The number of H-pyrrole nitrogens is 1. The van der Waals surface area contributed by atoms with Gasteiger partial charge in [-0.2, -0.15) is 0 Å². The van der Waals surface area contributed by atoms with Gasteiger partial charge < -0.3 is 15.2 Å². The molecule has 0 radical (unpaired) electrons. The Balaban J connectivity index is 1.43. The van der Waals surface area contributed by atoms with Crippen LogP contribution in [0.15, 0.2) is 10.9 Å². The molecule has 1 aromatic heterocycles. The maximum absolute atomic E-state index is 11.7. The van der Waals surface area contributed by atoms with Crippen LogP contribution in [-0.4, -0.2) is 60.2 Å². The molecular formula is C14H21N5O. The third-order valence-electron chi connectivity index (χ3n) is 4.56. The van der Waals surface area contributed by atoms with Crippen LogP contribution >= 0.6 is 0 Å². The Bertz CT molecular complexity index is 541. The molecule has 20 heavy (non-hydrogen) atoms. The number of piperazine rings is 1. The molecule has 0 aromatic carbocycles. The highest BCUT2D eigenvalue weighted by Crippen LogP contribution is 2.38. The number of aromatic nitrogens is 2. The fraction of sp³-hybridized carbons (Fsp3) is 0.714. The fourth-order valence-electron chi connectivity index (χ4n) is 3.10. The summed E-state index contributed by atoms with van der Waals surface area (Å²) in [6.07, 6.45) is 2.32. The smallest absolute Gasteiger partial charge is 0.252 e. The van der Waals surface area contributed by atoms with E-state index in [9.17, 15) is 4.79 Å². The van der Waals surface area contributed by atoms with E-state index in [-0.39, 0.29) is 5.56 Å². The van der Waals surface area contributed by atoms with Crippen LogP contribution in [0.25, 0.3) is 0 Å². The van der Waals surface area contributed by atoms with Gasteiger partial charge in [-0.05, 0) is 12.8 Å². The van der Waals surface area contributed by atoms with Crippen molar-refractivity contribution in [2.75, 3.05) is 44.2 Å². The van der Waals surface area contributed by atoms with Crippen LogP contribution in [0, 0.1) is 0 Å².